The Kier molecular flexibility index (Phi) is 6.67. The standard InChI is InChI=1S/C26H29N5O3/c1-17-12-19-14-23(33-4)24(34-5)15-22(19)25(29-31(17)26(32)27-2)18-8-6-9-20(13-18)30(3)21-10-7-11-28-16-21/h6-11,13-17H,12H2,1-5H3,(H,27,32). The number of nitrogens with one attached hydrogen (secondary N) is 1. The Labute approximate surface area is 199 Å². The first kappa shape index (κ1) is 23.1. The van der Waals surface area contributed by atoms with Crippen LogP contribution in [0.4, 0.5) is 16.2 Å². The maximum Gasteiger partial charge on any atom is 0.337 e. The number of benzene rings is 2. The van der Waals surface area contributed by atoms with Crippen LogP contribution in [0.3, 0.4) is 0 Å². The Hall–Kier alpha value is -4.07. The molecule has 3 aromatic rings. The third kappa shape index (κ3) is 4.39. The van der Waals surface area contributed by atoms with E-state index in [9.17, 15) is 4.79 Å². The number of anilines is 2. The van der Waals surface area contributed by atoms with E-state index in [1.54, 1.807) is 27.5 Å². The van der Waals surface area contributed by atoms with Gasteiger partial charge < -0.3 is 19.7 Å². The van der Waals surface area contributed by atoms with E-state index >= 15 is 0 Å². The average molecular weight is 460 g/mol. The number of hydrogen-bond donors (Lipinski definition) is 1. The van der Waals surface area contributed by atoms with Crippen LogP contribution in [0, 0.1) is 0 Å². The predicted octanol–water partition coefficient (Wildman–Crippen LogP) is 4.21. The van der Waals surface area contributed by atoms with E-state index < -0.39 is 0 Å². The van der Waals surface area contributed by atoms with Crippen molar-refractivity contribution < 1.29 is 14.3 Å². The van der Waals surface area contributed by atoms with Crippen molar-refractivity contribution in [3.63, 3.8) is 0 Å². The minimum absolute atomic E-state index is 0.157. The van der Waals surface area contributed by atoms with Crippen molar-refractivity contribution in [2.24, 2.45) is 5.10 Å². The summed E-state index contributed by atoms with van der Waals surface area (Å²) in [6, 6.07) is 15.5. The van der Waals surface area contributed by atoms with Crippen LogP contribution in [0.5, 0.6) is 11.5 Å². The van der Waals surface area contributed by atoms with Gasteiger partial charge in [-0.2, -0.15) is 5.10 Å². The number of pyridine rings is 1. The number of rotatable bonds is 5. The molecule has 34 heavy (non-hydrogen) atoms. The van der Waals surface area contributed by atoms with Gasteiger partial charge in [0.25, 0.3) is 0 Å². The number of hydrazone groups is 1. The number of hydrogen-bond acceptors (Lipinski definition) is 6. The monoisotopic (exact) mass is 459 g/mol. The Morgan fingerprint density at radius 1 is 1.09 bits per heavy atom. The van der Waals surface area contributed by atoms with Crippen molar-refractivity contribution in [1.29, 1.82) is 0 Å². The van der Waals surface area contributed by atoms with Gasteiger partial charge >= 0.3 is 6.03 Å². The van der Waals surface area contributed by atoms with Crippen LogP contribution in [0.15, 0.2) is 66.0 Å². The summed E-state index contributed by atoms with van der Waals surface area (Å²) >= 11 is 0. The quantitative estimate of drug-likeness (QED) is 0.619. The maximum absolute atomic E-state index is 12.7. The molecule has 1 unspecified atom stereocenters. The van der Waals surface area contributed by atoms with Gasteiger partial charge in [0, 0.05) is 37.1 Å². The molecule has 2 heterocycles. The van der Waals surface area contributed by atoms with E-state index in [4.69, 9.17) is 14.6 Å². The van der Waals surface area contributed by atoms with E-state index in [1.165, 1.54) is 5.01 Å². The van der Waals surface area contributed by atoms with Crippen LogP contribution in [-0.2, 0) is 6.42 Å². The van der Waals surface area contributed by atoms with Gasteiger partial charge in [-0.25, -0.2) is 9.80 Å². The summed E-state index contributed by atoms with van der Waals surface area (Å²) in [5.41, 5.74) is 5.43. The summed E-state index contributed by atoms with van der Waals surface area (Å²) in [5.74, 6) is 1.25. The van der Waals surface area contributed by atoms with Gasteiger partial charge in [-0.05, 0) is 55.3 Å². The lowest BCUT2D eigenvalue weighted by Crippen LogP contribution is -2.41. The zero-order valence-electron chi connectivity index (χ0n) is 20.1. The molecule has 0 saturated carbocycles. The second-order valence-corrected chi connectivity index (χ2v) is 8.09. The fourth-order valence-electron chi connectivity index (χ4n) is 4.11. The van der Waals surface area contributed by atoms with E-state index in [0.29, 0.717) is 23.6 Å². The highest BCUT2D eigenvalue weighted by atomic mass is 16.5. The molecule has 0 radical (unpaired) electrons. The summed E-state index contributed by atoms with van der Waals surface area (Å²) in [4.78, 5) is 19.0. The van der Waals surface area contributed by atoms with Crippen LogP contribution in [0.1, 0.15) is 23.6 Å². The number of nitrogens with zero attached hydrogens (tertiary/aromatic N) is 4. The van der Waals surface area contributed by atoms with Gasteiger partial charge in [0.05, 0.1) is 37.9 Å². The Balaban J connectivity index is 1.88. The second-order valence-electron chi connectivity index (χ2n) is 8.09. The predicted molar refractivity (Wildman–Crippen MR) is 133 cm³/mol. The Morgan fingerprint density at radius 3 is 2.50 bits per heavy atom. The zero-order chi connectivity index (χ0) is 24.2. The van der Waals surface area contributed by atoms with Crippen LogP contribution < -0.4 is 19.7 Å². The van der Waals surface area contributed by atoms with Crippen LogP contribution in [0.25, 0.3) is 0 Å². The van der Waals surface area contributed by atoms with Gasteiger partial charge in [0.2, 0.25) is 0 Å². The van der Waals surface area contributed by atoms with Crippen molar-refractivity contribution in [2.45, 2.75) is 19.4 Å². The molecule has 0 spiro atoms. The third-order valence-electron chi connectivity index (χ3n) is 5.97. The number of fused-ring (bicyclic) bond motifs is 1. The lowest BCUT2D eigenvalue weighted by atomic mass is 9.93. The molecular formula is C26H29N5O3. The minimum atomic E-state index is -0.264. The number of aromatic nitrogens is 1. The molecule has 0 aliphatic carbocycles. The number of amides is 2. The first-order valence-corrected chi connectivity index (χ1v) is 11.1. The van der Waals surface area contributed by atoms with Crippen molar-refractivity contribution in [3.05, 3.63) is 77.6 Å². The molecule has 2 aromatic carbocycles. The molecule has 1 aromatic heterocycles. The average Bonchev–Trinajstić information content (AvgIpc) is 3.02. The highest BCUT2D eigenvalue weighted by molar-refractivity contribution is 6.15. The zero-order valence-corrected chi connectivity index (χ0v) is 20.1. The molecule has 1 N–H and O–H groups in total. The molecule has 8 heteroatoms. The highest BCUT2D eigenvalue weighted by Crippen LogP contribution is 2.35. The SMILES string of the molecule is CNC(=O)N1N=C(c2cccc(N(C)c3cccnc3)c2)c2cc(OC)c(OC)cc2CC1C. The lowest BCUT2D eigenvalue weighted by Gasteiger charge is -2.23. The first-order chi connectivity index (χ1) is 16.5. The van der Waals surface area contributed by atoms with Crippen molar-refractivity contribution in [1.82, 2.24) is 15.3 Å². The summed E-state index contributed by atoms with van der Waals surface area (Å²) < 4.78 is 11.1. The molecule has 1 aliphatic heterocycles. The minimum Gasteiger partial charge on any atom is -0.493 e. The molecular weight excluding hydrogens is 430 g/mol. The number of methoxy groups -OCH3 is 2. The van der Waals surface area contributed by atoms with Crippen molar-refractivity contribution in [3.8, 4) is 11.5 Å². The van der Waals surface area contributed by atoms with E-state index in [-0.39, 0.29) is 12.1 Å². The van der Waals surface area contributed by atoms with Gasteiger partial charge in [-0.1, -0.05) is 12.1 Å². The molecule has 8 nitrogen and oxygen atoms in total. The topological polar surface area (TPSA) is 79.3 Å². The molecule has 176 valence electrons. The van der Waals surface area contributed by atoms with Gasteiger partial charge in [0.15, 0.2) is 11.5 Å². The van der Waals surface area contributed by atoms with Crippen molar-refractivity contribution in [2.75, 3.05) is 33.2 Å². The smallest absolute Gasteiger partial charge is 0.337 e. The summed E-state index contributed by atoms with van der Waals surface area (Å²) in [6.45, 7) is 1.98. The molecule has 1 atom stereocenters. The molecule has 0 fully saturated rings. The first-order valence-electron chi connectivity index (χ1n) is 11.1. The van der Waals surface area contributed by atoms with Gasteiger partial charge in [-0.15, -0.1) is 0 Å². The van der Waals surface area contributed by atoms with Crippen LogP contribution in [-0.4, -0.2) is 56.1 Å². The number of urea groups is 1. The fraction of sp³-hybridized carbons (Fsp3) is 0.269. The van der Waals surface area contributed by atoms with Gasteiger partial charge in [-0.3, -0.25) is 4.98 Å². The van der Waals surface area contributed by atoms with E-state index in [0.717, 1.165) is 28.1 Å². The number of carbonyl (C=O) groups excluding carboxylic acids is 1. The molecule has 4 rings (SSSR count). The number of ether oxygens (including phenoxy) is 2. The highest BCUT2D eigenvalue weighted by Gasteiger charge is 2.28. The fourth-order valence-corrected chi connectivity index (χ4v) is 4.11. The second kappa shape index (κ2) is 9.82. The number of carbonyl (C=O) groups is 1. The molecule has 1 aliphatic rings. The van der Waals surface area contributed by atoms with Crippen molar-refractivity contribution >= 4 is 23.1 Å². The lowest BCUT2D eigenvalue weighted by molar-refractivity contribution is 0.184. The van der Waals surface area contributed by atoms with Gasteiger partial charge in [0.1, 0.15) is 0 Å². The Morgan fingerprint density at radius 2 is 1.82 bits per heavy atom. The summed E-state index contributed by atoms with van der Waals surface area (Å²) in [7, 11) is 6.83. The summed E-state index contributed by atoms with van der Waals surface area (Å²) in [6.07, 6.45) is 4.18. The van der Waals surface area contributed by atoms with Crippen LogP contribution >= 0.6 is 0 Å². The summed E-state index contributed by atoms with van der Waals surface area (Å²) in [5, 5.41) is 9.06. The largest absolute Gasteiger partial charge is 0.493 e. The third-order valence-corrected chi connectivity index (χ3v) is 5.97. The normalized spacial score (nSPS) is 15.0. The van der Waals surface area contributed by atoms with E-state index in [2.05, 4.69) is 21.3 Å². The molecule has 0 saturated heterocycles. The Bertz CT molecular complexity index is 1210. The molecule has 2 amide bonds. The van der Waals surface area contributed by atoms with Crippen LogP contribution in [0.2, 0.25) is 0 Å². The van der Waals surface area contributed by atoms with E-state index in [1.807, 2.05) is 62.6 Å². The molecule has 0 bridgehead atoms. The maximum atomic E-state index is 12.7.